The molecule has 3 nitrogen and oxygen atoms in total. The first kappa shape index (κ1) is 14.1. The van der Waals surface area contributed by atoms with Crippen molar-refractivity contribution in [3.8, 4) is 0 Å². The normalized spacial score (nSPS) is 17.8. The molecule has 1 saturated heterocycles. The number of rotatable bonds is 4. The van der Waals surface area contributed by atoms with Crippen molar-refractivity contribution < 1.29 is 4.79 Å². The molecule has 1 atom stereocenters. The SMILES string of the molecule is NC(CCc1ccccc1)C(=O)N1CCCCCC1. The summed E-state index contributed by atoms with van der Waals surface area (Å²) in [7, 11) is 0. The van der Waals surface area contributed by atoms with Gasteiger partial charge in [0.2, 0.25) is 5.91 Å². The van der Waals surface area contributed by atoms with E-state index in [4.69, 9.17) is 5.73 Å². The van der Waals surface area contributed by atoms with Gasteiger partial charge in [0.05, 0.1) is 6.04 Å². The second kappa shape index (κ2) is 7.29. The van der Waals surface area contributed by atoms with E-state index in [9.17, 15) is 4.79 Å². The van der Waals surface area contributed by atoms with Gasteiger partial charge in [-0.05, 0) is 31.2 Å². The number of amides is 1. The molecule has 1 unspecified atom stereocenters. The monoisotopic (exact) mass is 260 g/mol. The number of benzene rings is 1. The molecule has 0 aromatic heterocycles. The number of nitrogens with two attached hydrogens (primary N) is 1. The number of hydrogen-bond acceptors (Lipinski definition) is 2. The largest absolute Gasteiger partial charge is 0.341 e. The number of hydrogen-bond donors (Lipinski definition) is 1. The average Bonchev–Trinajstić information content (AvgIpc) is 2.74. The Hall–Kier alpha value is -1.35. The molecule has 0 spiro atoms. The first-order chi connectivity index (χ1) is 9.27. The molecular weight excluding hydrogens is 236 g/mol. The number of aryl methyl sites for hydroxylation is 1. The fraction of sp³-hybridized carbons (Fsp3) is 0.562. The zero-order valence-corrected chi connectivity index (χ0v) is 11.6. The Morgan fingerprint density at radius 3 is 2.37 bits per heavy atom. The minimum Gasteiger partial charge on any atom is -0.341 e. The maximum atomic E-state index is 12.3. The summed E-state index contributed by atoms with van der Waals surface area (Å²) in [5.41, 5.74) is 7.31. The Bertz CT molecular complexity index is 383. The molecule has 0 saturated carbocycles. The van der Waals surface area contributed by atoms with Crippen LogP contribution in [0.25, 0.3) is 0 Å². The highest BCUT2D eigenvalue weighted by Crippen LogP contribution is 2.12. The van der Waals surface area contributed by atoms with Crippen LogP contribution in [0.3, 0.4) is 0 Å². The smallest absolute Gasteiger partial charge is 0.239 e. The molecule has 2 rings (SSSR count). The molecule has 2 N–H and O–H groups in total. The van der Waals surface area contributed by atoms with Crippen LogP contribution in [0.15, 0.2) is 30.3 Å². The van der Waals surface area contributed by atoms with Crippen molar-refractivity contribution >= 4 is 5.91 Å². The maximum Gasteiger partial charge on any atom is 0.239 e. The topological polar surface area (TPSA) is 46.3 Å². The van der Waals surface area contributed by atoms with Crippen molar-refractivity contribution in [1.82, 2.24) is 4.90 Å². The summed E-state index contributed by atoms with van der Waals surface area (Å²) in [6.07, 6.45) is 6.33. The van der Waals surface area contributed by atoms with Gasteiger partial charge in [-0.2, -0.15) is 0 Å². The second-order valence-corrected chi connectivity index (χ2v) is 5.37. The van der Waals surface area contributed by atoms with Gasteiger partial charge in [0, 0.05) is 13.1 Å². The van der Waals surface area contributed by atoms with E-state index >= 15 is 0 Å². The van der Waals surface area contributed by atoms with Gasteiger partial charge in [-0.25, -0.2) is 0 Å². The maximum absolute atomic E-state index is 12.3. The molecule has 1 aliphatic rings. The molecule has 0 radical (unpaired) electrons. The quantitative estimate of drug-likeness (QED) is 0.903. The van der Waals surface area contributed by atoms with Crippen molar-refractivity contribution in [2.75, 3.05) is 13.1 Å². The van der Waals surface area contributed by atoms with E-state index in [-0.39, 0.29) is 11.9 Å². The molecule has 1 amide bonds. The lowest BCUT2D eigenvalue weighted by atomic mass is 10.0. The van der Waals surface area contributed by atoms with Gasteiger partial charge in [0.1, 0.15) is 0 Å². The predicted octanol–water partition coefficient (Wildman–Crippen LogP) is 2.35. The lowest BCUT2D eigenvalue weighted by Gasteiger charge is -2.24. The van der Waals surface area contributed by atoms with Crippen molar-refractivity contribution in [2.24, 2.45) is 5.73 Å². The fourth-order valence-corrected chi connectivity index (χ4v) is 2.62. The van der Waals surface area contributed by atoms with Crippen molar-refractivity contribution in [2.45, 2.75) is 44.6 Å². The summed E-state index contributed by atoms with van der Waals surface area (Å²) in [6.45, 7) is 1.77. The lowest BCUT2D eigenvalue weighted by Crippen LogP contribution is -2.44. The zero-order chi connectivity index (χ0) is 13.5. The van der Waals surface area contributed by atoms with Crippen LogP contribution in [0.2, 0.25) is 0 Å². The van der Waals surface area contributed by atoms with Crippen LogP contribution >= 0.6 is 0 Å². The van der Waals surface area contributed by atoms with Gasteiger partial charge in [0.15, 0.2) is 0 Å². The average molecular weight is 260 g/mol. The fourth-order valence-electron chi connectivity index (χ4n) is 2.62. The second-order valence-electron chi connectivity index (χ2n) is 5.37. The standard InChI is InChI=1S/C16H24N2O/c17-15(11-10-14-8-4-3-5-9-14)16(19)18-12-6-1-2-7-13-18/h3-5,8-9,15H,1-2,6-7,10-13,17H2. The van der Waals surface area contributed by atoms with Crippen molar-refractivity contribution in [3.05, 3.63) is 35.9 Å². The number of nitrogens with zero attached hydrogens (tertiary/aromatic N) is 1. The van der Waals surface area contributed by atoms with Gasteiger partial charge in [-0.1, -0.05) is 43.2 Å². The highest BCUT2D eigenvalue weighted by Gasteiger charge is 2.21. The van der Waals surface area contributed by atoms with E-state index in [1.165, 1.54) is 18.4 Å². The summed E-state index contributed by atoms with van der Waals surface area (Å²) < 4.78 is 0. The van der Waals surface area contributed by atoms with Crippen LogP contribution in [0, 0.1) is 0 Å². The highest BCUT2D eigenvalue weighted by atomic mass is 16.2. The van der Waals surface area contributed by atoms with Crippen LogP contribution in [0.5, 0.6) is 0 Å². The van der Waals surface area contributed by atoms with Crippen LogP contribution in [-0.4, -0.2) is 29.9 Å². The molecule has 1 aliphatic heterocycles. The minimum absolute atomic E-state index is 0.137. The zero-order valence-electron chi connectivity index (χ0n) is 11.6. The highest BCUT2D eigenvalue weighted by molar-refractivity contribution is 5.81. The summed E-state index contributed by atoms with van der Waals surface area (Å²) >= 11 is 0. The van der Waals surface area contributed by atoms with Crippen LogP contribution < -0.4 is 5.73 Å². The Morgan fingerprint density at radius 2 is 1.74 bits per heavy atom. The Kier molecular flexibility index (Phi) is 5.40. The summed E-state index contributed by atoms with van der Waals surface area (Å²) in [6, 6.07) is 9.88. The van der Waals surface area contributed by atoms with E-state index in [0.29, 0.717) is 0 Å². The third-order valence-corrected chi connectivity index (χ3v) is 3.82. The molecule has 1 fully saturated rings. The first-order valence-corrected chi connectivity index (χ1v) is 7.35. The molecule has 1 aromatic carbocycles. The van der Waals surface area contributed by atoms with E-state index in [2.05, 4.69) is 12.1 Å². The third-order valence-electron chi connectivity index (χ3n) is 3.82. The molecule has 1 heterocycles. The number of carbonyl (C=O) groups excluding carboxylic acids is 1. The van der Waals surface area contributed by atoms with E-state index in [0.717, 1.165) is 38.8 Å². The molecule has 19 heavy (non-hydrogen) atoms. The molecule has 0 aliphatic carbocycles. The van der Waals surface area contributed by atoms with Gasteiger partial charge < -0.3 is 10.6 Å². The number of carbonyl (C=O) groups is 1. The van der Waals surface area contributed by atoms with E-state index < -0.39 is 0 Å². The van der Waals surface area contributed by atoms with E-state index in [1.54, 1.807) is 0 Å². The Labute approximate surface area is 115 Å². The van der Waals surface area contributed by atoms with Gasteiger partial charge in [-0.3, -0.25) is 4.79 Å². The first-order valence-electron chi connectivity index (χ1n) is 7.35. The molecule has 0 bridgehead atoms. The Morgan fingerprint density at radius 1 is 1.11 bits per heavy atom. The van der Waals surface area contributed by atoms with Crippen molar-refractivity contribution in [1.29, 1.82) is 0 Å². The summed E-state index contributed by atoms with van der Waals surface area (Å²) in [5.74, 6) is 0.137. The molecular formula is C16H24N2O. The Balaban J connectivity index is 1.81. The number of likely N-dealkylation sites (tertiary alicyclic amines) is 1. The van der Waals surface area contributed by atoms with E-state index in [1.807, 2.05) is 23.1 Å². The van der Waals surface area contributed by atoms with Gasteiger partial charge >= 0.3 is 0 Å². The van der Waals surface area contributed by atoms with Crippen molar-refractivity contribution in [3.63, 3.8) is 0 Å². The van der Waals surface area contributed by atoms with Crippen LogP contribution in [0.1, 0.15) is 37.7 Å². The lowest BCUT2D eigenvalue weighted by molar-refractivity contribution is -0.132. The van der Waals surface area contributed by atoms with Crippen LogP contribution in [-0.2, 0) is 11.2 Å². The van der Waals surface area contributed by atoms with Crippen LogP contribution in [0.4, 0.5) is 0 Å². The third kappa shape index (κ3) is 4.35. The predicted molar refractivity (Wildman–Crippen MR) is 77.8 cm³/mol. The molecule has 3 heteroatoms. The minimum atomic E-state index is -0.349. The van der Waals surface area contributed by atoms with Gasteiger partial charge in [0.25, 0.3) is 0 Å². The molecule has 104 valence electrons. The summed E-state index contributed by atoms with van der Waals surface area (Å²) in [4.78, 5) is 14.2. The summed E-state index contributed by atoms with van der Waals surface area (Å²) in [5, 5.41) is 0. The van der Waals surface area contributed by atoms with Gasteiger partial charge in [-0.15, -0.1) is 0 Å². The molecule has 1 aromatic rings.